The Bertz CT molecular complexity index is 271. The summed E-state index contributed by atoms with van der Waals surface area (Å²) in [6, 6.07) is 8.40. The molecule has 1 aromatic rings. The number of halogens is 2. The molecule has 1 rings (SSSR count). The van der Waals surface area contributed by atoms with Crippen molar-refractivity contribution in [1.29, 1.82) is 0 Å². The van der Waals surface area contributed by atoms with E-state index >= 15 is 0 Å². The van der Waals surface area contributed by atoms with Gasteiger partial charge in [-0.1, -0.05) is 0 Å². The first-order chi connectivity index (χ1) is 6.11. The summed E-state index contributed by atoms with van der Waals surface area (Å²) in [5.41, 5.74) is 2.70. The van der Waals surface area contributed by atoms with Crippen molar-refractivity contribution < 1.29 is 14.0 Å². The van der Waals surface area contributed by atoms with Crippen LogP contribution < -0.4 is 0 Å². The third-order valence-electron chi connectivity index (χ3n) is 1.91. The van der Waals surface area contributed by atoms with Gasteiger partial charge < -0.3 is 0 Å². The topological polar surface area (TPSA) is 0 Å². The summed E-state index contributed by atoms with van der Waals surface area (Å²) in [5.74, 6) is 0.554. The molecule has 0 radical (unpaired) electrons. The van der Waals surface area contributed by atoms with Crippen LogP contribution >= 0.6 is 19.4 Å². The minimum atomic E-state index is -1.56. The van der Waals surface area contributed by atoms with Crippen molar-refractivity contribution >= 4 is 19.4 Å². The number of hydrogen-bond acceptors (Lipinski definition) is 0. The maximum atomic E-state index is 5.90. The van der Waals surface area contributed by atoms with Crippen molar-refractivity contribution in [3.8, 4) is 0 Å². The molecule has 0 heterocycles. The average molecular weight is 305 g/mol. The van der Waals surface area contributed by atoms with E-state index in [0.29, 0.717) is 5.92 Å². The first kappa shape index (κ1) is 11.5. The van der Waals surface area contributed by atoms with Crippen molar-refractivity contribution in [1.82, 2.24) is 0 Å². The molecular formula is C10H13Cl2Ru. The number of rotatable bonds is 3. The fourth-order valence-electron chi connectivity index (χ4n) is 1.31. The molecule has 0 nitrogen and oxygen atoms in total. The van der Waals surface area contributed by atoms with Gasteiger partial charge in [0.1, 0.15) is 0 Å². The third-order valence-corrected chi connectivity index (χ3v) is 4.15. The molecule has 75 valence electrons. The number of benzene rings is 1. The molecule has 0 bridgehead atoms. The van der Waals surface area contributed by atoms with Gasteiger partial charge in [0, 0.05) is 0 Å². The van der Waals surface area contributed by atoms with Crippen LogP contribution in [0, 0.1) is 0 Å². The molecule has 0 aromatic heterocycles. The van der Waals surface area contributed by atoms with Crippen LogP contribution in [-0.4, -0.2) is 0 Å². The summed E-state index contributed by atoms with van der Waals surface area (Å²) in [5, 5.41) is 0.877. The molecule has 0 saturated heterocycles. The zero-order valence-corrected chi connectivity index (χ0v) is 11.0. The molecule has 0 saturated carbocycles. The normalized spacial score (nSPS) is 11.9. The second-order valence-electron chi connectivity index (χ2n) is 3.22. The molecule has 0 atom stereocenters. The van der Waals surface area contributed by atoms with Crippen molar-refractivity contribution in [2.45, 2.75) is 24.8 Å². The van der Waals surface area contributed by atoms with Gasteiger partial charge in [-0.2, -0.15) is 0 Å². The zero-order chi connectivity index (χ0) is 9.84. The van der Waals surface area contributed by atoms with Gasteiger partial charge in [-0.25, -0.2) is 0 Å². The van der Waals surface area contributed by atoms with Gasteiger partial charge in [-0.05, 0) is 0 Å². The standard InChI is InChI=1S/C10H13.2ClH.Ru/c1-8(2)10-7-5-4-6-9(10)3;;;/h4-8H,3H2,1-2H3;2*1H;/q;;;+2/p-2. The fourth-order valence-corrected chi connectivity index (χ4v) is 3.58. The van der Waals surface area contributed by atoms with Crippen molar-refractivity contribution in [3.63, 3.8) is 0 Å². The summed E-state index contributed by atoms with van der Waals surface area (Å²) < 4.78 is 0. The second kappa shape index (κ2) is 5.34. The van der Waals surface area contributed by atoms with Crippen molar-refractivity contribution in [2.24, 2.45) is 0 Å². The third kappa shape index (κ3) is 3.58. The van der Waals surface area contributed by atoms with Crippen molar-refractivity contribution in [2.75, 3.05) is 0 Å². The Hall–Kier alpha value is 0.423. The molecule has 0 spiro atoms. The minimum absolute atomic E-state index is 0.554. The Morgan fingerprint density at radius 3 is 2.38 bits per heavy atom. The van der Waals surface area contributed by atoms with Gasteiger partial charge in [-0.3, -0.25) is 0 Å². The molecule has 3 heteroatoms. The van der Waals surface area contributed by atoms with Gasteiger partial charge in [-0.15, -0.1) is 0 Å². The predicted molar refractivity (Wildman–Crippen MR) is 55.9 cm³/mol. The van der Waals surface area contributed by atoms with Gasteiger partial charge in [0.25, 0.3) is 0 Å². The molecular weight excluding hydrogens is 292 g/mol. The van der Waals surface area contributed by atoms with Gasteiger partial charge in [0.2, 0.25) is 0 Å². The van der Waals surface area contributed by atoms with Crippen LogP contribution in [-0.2, 0) is 19.0 Å². The Morgan fingerprint density at radius 2 is 1.85 bits per heavy atom. The summed E-state index contributed by atoms with van der Waals surface area (Å²) in [7, 11) is 11.8. The van der Waals surface area contributed by atoms with Crippen LogP contribution in [0.4, 0.5) is 0 Å². The Labute approximate surface area is 93.2 Å². The van der Waals surface area contributed by atoms with E-state index in [9.17, 15) is 0 Å². The molecule has 0 aliphatic heterocycles. The molecule has 0 aliphatic rings. The molecule has 0 N–H and O–H groups in total. The molecule has 0 fully saturated rings. The van der Waals surface area contributed by atoms with E-state index in [2.05, 4.69) is 32.0 Å². The predicted octanol–water partition coefficient (Wildman–Crippen LogP) is 4.24. The SMILES string of the molecule is CC(C)c1ccccc1[CH2][Ru]([Cl])[Cl]. The summed E-state index contributed by atoms with van der Waals surface area (Å²) >= 11 is -1.56. The number of hydrogen-bond donors (Lipinski definition) is 0. The summed E-state index contributed by atoms with van der Waals surface area (Å²) in [6.45, 7) is 4.39. The second-order valence-corrected chi connectivity index (χ2v) is 9.64. The van der Waals surface area contributed by atoms with E-state index in [0.717, 1.165) is 5.02 Å². The Morgan fingerprint density at radius 1 is 1.23 bits per heavy atom. The zero-order valence-electron chi connectivity index (χ0n) is 7.70. The molecule has 0 unspecified atom stereocenters. The molecule has 13 heavy (non-hydrogen) atoms. The van der Waals surface area contributed by atoms with Crippen LogP contribution in [0.1, 0.15) is 30.9 Å². The van der Waals surface area contributed by atoms with Crippen LogP contribution in [0.2, 0.25) is 0 Å². The van der Waals surface area contributed by atoms with Crippen LogP contribution in [0.15, 0.2) is 24.3 Å². The van der Waals surface area contributed by atoms with E-state index in [-0.39, 0.29) is 0 Å². The quantitative estimate of drug-likeness (QED) is 0.733. The van der Waals surface area contributed by atoms with E-state index in [1.54, 1.807) is 0 Å². The van der Waals surface area contributed by atoms with E-state index in [4.69, 9.17) is 19.4 Å². The Balaban J connectivity index is 2.91. The van der Waals surface area contributed by atoms with Crippen molar-refractivity contribution in [3.05, 3.63) is 35.4 Å². The first-order valence-corrected chi connectivity index (χ1v) is 9.85. The monoisotopic (exact) mass is 305 g/mol. The first-order valence-electron chi connectivity index (χ1n) is 4.14. The van der Waals surface area contributed by atoms with E-state index in [1.807, 2.05) is 6.07 Å². The van der Waals surface area contributed by atoms with Crippen LogP contribution in [0.3, 0.4) is 0 Å². The Kier molecular flexibility index (Phi) is 4.72. The van der Waals surface area contributed by atoms with E-state index < -0.39 is 14.0 Å². The van der Waals surface area contributed by atoms with Gasteiger partial charge >= 0.3 is 93.5 Å². The summed E-state index contributed by atoms with van der Waals surface area (Å²) in [6.07, 6.45) is 0. The fraction of sp³-hybridized carbons (Fsp3) is 0.400. The van der Waals surface area contributed by atoms with E-state index in [1.165, 1.54) is 11.1 Å². The average Bonchev–Trinajstić information content (AvgIpc) is 2.03. The summed E-state index contributed by atoms with van der Waals surface area (Å²) in [4.78, 5) is 0. The maximum absolute atomic E-state index is 5.90. The molecule has 0 amide bonds. The van der Waals surface area contributed by atoms with Crippen LogP contribution in [0.25, 0.3) is 0 Å². The van der Waals surface area contributed by atoms with Gasteiger partial charge in [0.15, 0.2) is 0 Å². The molecule has 1 aromatic carbocycles. The van der Waals surface area contributed by atoms with Gasteiger partial charge in [0.05, 0.1) is 0 Å². The van der Waals surface area contributed by atoms with Crippen LogP contribution in [0.5, 0.6) is 0 Å². The molecule has 0 aliphatic carbocycles.